The molecule has 0 saturated carbocycles. The molecule has 0 aliphatic rings. The zero-order chi connectivity index (χ0) is 14.5. The van der Waals surface area contributed by atoms with Crippen LogP contribution in [0.5, 0.6) is 5.75 Å². The molecule has 1 heterocycles. The van der Waals surface area contributed by atoms with Crippen molar-refractivity contribution in [2.75, 3.05) is 13.7 Å². The quantitative estimate of drug-likeness (QED) is 0.795. The summed E-state index contributed by atoms with van der Waals surface area (Å²) in [5.41, 5.74) is 2.57. The molecule has 0 aliphatic heterocycles. The summed E-state index contributed by atoms with van der Waals surface area (Å²) >= 11 is 5.34. The molecule has 0 amide bonds. The minimum Gasteiger partial charge on any atom is -0.497 e. The molecule has 2 nitrogen and oxygen atoms in total. The Kier molecular flexibility index (Phi) is 5.64. The monoisotopic (exact) mass is 353 g/mol. The van der Waals surface area contributed by atoms with Crippen molar-refractivity contribution in [1.82, 2.24) is 5.32 Å². The van der Waals surface area contributed by atoms with Crippen molar-refractivity contribution >= 4 is 27.3 Å². The summed E-state index contributed by atoms with van der Waals surface area (Å²) in [6.45, 7) is 5.34. The van der Waals surface area contributed by atoms with Gasteiger partial charge >= 0.3 is 0 Å². The lowest BCUT2D eigenvalue weighted by Crippen LogP contribution is -2.23. The van der Waals surface area contributed by atoms with Crippen LogP contribution in [0.2, 0.25) is 0 Å². The average molecular weight is 354 g/mol. The highest BCUT2D eigenvalue weighted by molar-refractivity contribution is 9.11. The Labute approximate surface area is 133 Å². The second-order valence-electron chi connectivity index (χ2n) is 4.75. The first-order chi connectivity index (χ1) is 9.65. The second kappa shape index (κ2) is 7.25. The molecule has 2 rings (SSSR count). The third-order valence-corrected chi connectivity index (χ3v) is 4.95. The highest BCUT2D eigenvalue weighted by Crippen LogP contribution is 2.33. The van der Waals surface area contributed by atoms with Crippen LogP contribution in [0.25, 0.3) is 0 Å². The molecule has 2 aromatic rings. The van der Waals surface area contributed by atoms with Gasteiger partial charge in [0.1, 0.15) is 5.75 Å². The van der Waals surface area contributed by atoms with Gasteiger partial charge in [-0.2, -0.15) is 0 Å². The molecular formula is C16H20BrNOS. The maximum Gasteiger partial charge on any atom is 0.119 e. The predicted octanol–water partition coefficient (Wildman–Crippen LogP) is 4.92. The molecule has 1 aromatic carbocycles. The third-order valence-electron chi connectivity index (χ3n) is 3.26. The van der Waals surface area contributed by atoms with Crippen LogP contribution in [0.15, 0.2) is 34.1 Å². The first-order valence-corrected chi connectivity index (χ1v) is 8.39. The van der Waals surface area contributed by atoms with Gasteiger partial charge in [0, 0.05) is 4.88 Å². The lowest BCUT2D eigenvalue weighted by Gasteiger charge is -2.20. The van der Waals surface area contributed by atoms with Crippen LogP contribution >= 0.6 is 27.3 Å². The Hall–Kier alpha value is -0.840. The highest BCUT2D eigenvalue weighted by Gasteiger charge is 2.17. The van der Waals surface area contributed by atoms with Gasteiger partial charge in [-0.3, -0.25) is 0 Å². The molecular weight excluding hydrogens is 334 g/mol. The number of aryl methyl sites for hydroxylation is 1. The van der Waals surface area contributed by atoms with Gasteiger partial charge in [0.2, 0.25) is 0 Å². The van der Waals surface area contributed by atoms with Gasteiger partial charge in [-0.15, -0.1) is 11.3 Å². The van der Waals surface area contributed by atoms with E-state index in [0.717, 1.165) is 18.7 Å². The van der Waals surface area contributed by atoms with E-state index in [4.69, 9.17) is 4.74 Å². The van der Waals surface area contributed by atoms with E-state index in [9.17, 15) is 0 Å². The molecule has 1 atom stereocenters. The zero-order valence-electron chi connectivity index (χ0n) is 12.1. The zero-order valence-corrected chi connectivity index (χ0v) is 14.5. The van der Waals surface area contributed by atoms with Crippen LogP contribution in [-0.4, -0.2) is 13.7 Å². The van der Waals surface area contributed by atoms with Gasteiger partial charge in [-0.25, -0.2) is 0 Å². The Balaban J connectivity index is 2.35. The molecule has 1 N–H and O–H groups in total. The molecule has 1 unspecified atom stereocenters. The molecule has 108 valence electrons. The number of halogens is 1. The fraction of sp³-hybridized carbons (Fsp3) is 0.375. The van der Waals surface area contributed by atoms with Crippen LogP contribution in [0.3, 0.4) is 0 Å². The number of hydrogen-bond donors (Lipinski definition) is 1. The number of methoxy groups -OCH3 is 1. The number of nitrogens with one attached hydrogen (secondary N) is 1. The van der Waals surface area contributed by atoms with Crippen molar-refractivity contribution in [3.05, 3.63) is 50.1 Å². The maximum absolute atomic E-state index is 5.30. The van der Waals surface area contributed by atoms with E-state index < -0.39 is 0 Å². The van der Waals surface area contributed by atoms with Crippen molar-refractivity contribution in [3.8, 4) is 5.75 Å². The smallest absolute Gasteiger partial charge is 0.119 e. The van der Waals surface area contributed by atoms with Crippen LogP contribution in [0.1, 0.15) is 35.4 Å². The van der Waals surface area contributed by atoms with Gasteiger partial charge in [0.25, 0.3) is 0 Å². The summed E-state index contributed by atoms with van der Waals surface area (Å²) in [6, 6.07) is 10.8. The molecule has 0 saturated heterocycles. The van der Waals surface area contributed by atoms with Crippen LogP contribution in [0, 0.1) is 6.92 Å². The number of benzene rings is 1. The SMILES string of the molecule is CCCNC(c1ccc(Br)s1)c1ccc(OC)cc1C. The van der Waals surface area contributed by atoms with Gasteiger partial charge in [-0.05, 0) is 71.2 Å². The van der Waals surface area contributed by atoms with Gasteiger partial charge in [0.05, 0.1) is 16.9 Å². The van der Waals surface area contributed by atoms with Crippen LogP contribution in [0.4, 0.5) is 0 Å². The molecule has 0 bridgehead atoms. The van der Waals surface area contributed by atoms with Crippen molar-refractivity contribution in [2.45, 2.75) is 26.3 Å². The fourth-order valence-corrected chi connectivity index (χ4v) is 3.75. The topological polar surface area (TPSA) is 21.3 Å². The van der Waals surface area contributed by atoms with E-state index in [1.807, 2.05) is 6.07 Å². The largest absolute Gasteiger partial charge is 0.497 e. The molecule has 20 heavy (non-hydrogen) atoms. The molecule has 1 aromatic heterocycles. The lowest BCUT2D eigenvalue weighted by atomic mass is 9.99. The van der Waals surface area contributed by atoms with E-state index in [1.54, 1.807) is 18.4 Å². The number of hydrogen-bond acceptors (Lipinski definition) is 3. The van der Waals surface area contributed by atoms with Crippen LogP contribution < -0.4 is 10.1 Å². The predicted molar refractivity (Wildman–Crippen MR) is 89.9 cm³/mol. The minimum atomic E-state index is 0.247. The van der Waals surface area contributed by atoms with E-state index in [0.29, 0.717) is 0 Å². The van der Waals surface area contributed by atoms with Gasteiger partial charge in [0.15, 0.2) is 0 Å². The number of ether oxygens (including phenoxy) is 1. The van der Waals surface area contributed by atoms with Crippen molar-refractivity contribution in [2.24, 2.45) is 0 Å². The first-order valence-electron chi connectivity index (χ1n) is 6.79. The Morgan fingerprint density at radius 2 is 2.10 bits per heavy atom. The van der Waals surface area contributed by atoms with Crippen molar-refractivity contribution in [3.63, 3.8) is 0 Å². The summed E-state index contributed by atoms with van der Waals surface area (Å²) in [5, 5.41) is 3.64. The second-order valence-corrected chi connectivity index (χ2v) is 7.25. The van der Waals surface area contributed by atoms with E-state index in [1.165, 1.54) is 19.8 Å². The normalized spacial score (nSPS) is 12.4. The minimum absolute atomic E-state index is 0.247. The first kappa shape index (κ1) is 15.5. The van der Waals surface area contributed by atoms with Crippen LogP contribution in [-0.2, 0) is 0 Å². The highest BCUT2D eigenvalue weighted by atomic mass is 79.9. The van der Waals surface area contributed by atoms with Gasteiger partial charge in [-0.1, -0.05) is 13.0 Å². The lowest BCUT2D eigenvalue weighted by molar-refractivity contribution is 0.414. The summed E-state index contributed by atoms with van der Waals surface area (Å²) in [5.74, 6) is 0.910. The summed E-state index contributed by atoms with van der Waals surface area (Å²) < 4.78 is 6.46. The number of rotatable bonds is 6. The summed E-state index contributed by atoms with van der Waals surface area (Å²) in [4.78, 5) is 1.33. The van der Waals surface area contributed by atoms with Crippen molar-refractivity contribution < 1.29 is 4.74 Å². The fourth-order valence-electron chi connectivity index (χ4n) is 2.23. The molecule has 0 aliphatic carbocycles. The maximum atomic E-state index is 5.30. The van der Waals surface area contributed by atoms with Gasteiger partial charge < -0.3 is 10.1 Å². The van der Waals surface area contributed by atoms with E-state index in [-0.39, 0.29) is 6.04 Å². The van der Waals surface area contributed by atoms with E-state index in [2.05, 4.69) is 59.4 Å². The Bertz CT molecular complexity index is 567. The Morgan fingerprint density at radius 3 is 2.65 bits per heavy atom. The summed E-state index contributed by atoms with van der Waals surface area (Å²) in [7, 11) is 1.71. The van der Waals surface area contributed by atoms with Crippen molar-refractivity contribution in [1.29, 1.82) is 0 Å². The van der Waals surface area contributed by atoms with E-state index >= 15 is 0 Å². The summed E-state index contributed by atoms with van der Waals surface area (Å²) in [6.07, 6.45) is 1.12. The average Bonchev–Trinajstić information content (AvgIpc) is 2.87. The third kappa shape index (κ3) is 3.62. The molecule has 0 radical (unpaired) electrons. The molecule has 0 fully saturated rings. The number of thiophene rings is 1. The molecule has 4 heteroatoms. The Morgan fingerprint density at radius 1 is 1.30 bits per heavy atom. The standard InChI is InChI=1S/C16H20BrNOS/c1-4-9-18-16(14-7-8-15(17)20-14)13-6-5-12(19-3)10-11(13)2/h5-8,10,16,18H,4,9H2,1-3H3. The molecule has 0 spiro atoms.